The van der Waals surface area contributed by atoms with Crippen molar-refractivity contribution in [2.75, 3.05) is 0 Å². The van der Waals surface area contributed by atoms with Gasteiger partial charge >= 0.3 is 0 Å². The summed E-state index contributed by atoms with van der Waals surface area (Å²) < 4.78 is 19.3. The molecule has 8 rings (SSSR count). The molecule has 5 aromatic carbocycles. The maximum atomic E-state index is 9.39. The van der Waals surface area contributed by atoms with Crippen molar-refractivity contribution in [2.45, 2.75) is 39.9 Å². The van der Waals surface area contributed by atoms with Gasteiger partial charge in [-0.1, -0.05) is 135 Å². The molecule has 3 aromatic heterocycles. The van der Waals surface area contributed by atoms with Gasteiger partial charge in [-0.15, -0.1) is 47.5 Å². The molecule has 269 valence electrons. The van der Waals surface area contributed by atoms with E-state index in [2.05, 4.69) is 108 Å². The summed E-state index contributed by atoms with van der Waals surface area (Å²) in [6.45, 7) is 10.7. The average molecular weight is 914 g/mol. The zero-order valence-corrected chi connectivity index (χ0v) is 35.2. The number of hydrogen-bond acceptors (Lipinski definition) is 4. The molecular formula is C48H41IrN3SSi-2. The van der Waals surface area contributed by atoms with Crippen molar-refractivity contribution in [1.82, 2.24) is 9.97 Å². The second kappa shape index (κ2) is 17.0. The molecule has 0 N–H and O–H groups in total. The van der Waals surface area contributed by atoms with Crippen LogP contribution in [-0.2, 0) is 26.5 Å². The van der Waals surface area contributed by atoms with Crippen molar-refractivity contribution in [3.63, 3.8) is 0 Å². The Morgan fingerprint density at radius 3 is 2.19 bits per heavy atom. The zero-order chi connectivity index (χ0) is 38.7. The second-order valence-corrected chi connectivity index (χ2v) is 20.5. The smallest absolute Gasteiger partial charge is 0.0795 e. The Morgan fingerprint density at radius 2 is 1.52 bits per heavy atom. The van der Waals surface area contributed by atoms with Gasteiger partial charge in [0.05, 0.1) is 8.07 Å². The molecule has 1 radical (unpaired) electrons. The number of pyridine rings is 2. The molecule has 0 unspecified atom stereocenters. The summed E-state index contributed by atoms with van der Waals surface area (Å²) in [5, 5.41) is 13.1. The number of hydrogen-bond donors (Lipinski definition) is 0. The predicted octanol–water partition coefficient (Wildman–Crippen LogP) is 12.4. The van der Waals surface area contributed by atoms with Crippen LogP contribution in [0.3, 0.4) is 0 Å². The molecule has 0 amide bonds. The summed E-state index contributed by atoms with van der Waals surface area (Å²) in [4.78, 5) is 9.20. The molecule has 0 aliphatic carbocycles. The predicted molar refractivity (Wildman–Crippen MR) is 227 cm³/mol. The first-order chi connectivity index (χ1) is 26.4. The first-order valence-corrected chi connectivity index (χ1v) is 22.1. The fraction of sp³-hybridized carbons (Fsp3) is 0.146. The molecule has 6 heteroatoms. The molecule has 0 fully saturated rings. The third-order valence-corrected chi connectivity index (χ3v) is 12.3. The van der Waals surface area contributed by atoms with E-state index in [1.165, 1.54) is 31.8 Å². The number of benzene rings is 5. The Morgan fingerprint density at radius 1 is 0.778 bits per heavy atom. The fourth-order valence-electron chi connectivity index (χ4n) is 6.32. The Balaban J connectivity index is 0.000000193. The quantitative estimate of drug-likeness (QED) is 0.118. The van der Waals surface area contributed by atoms with Crippen molar-refractivity contribution >= 4 is 44.8 Å². The Bertz CT molecular complexity index is 2650. The van der Waals surface area contributed by atoms with Gasteiger partial charge in [0.25, 0.3) is 0 Å². The molecule has 0 spiro atoms. The van der Waals surface area contributed by atoms with Crippen LogP contribution >= 0.6 is 11.3 Å². The Labute approximate surface area is 340 Å². The maximum absolute atomic E-state index is 9.39. The Hall–Kier alpha value is -5.02. The summed E-state index contributed by atoms with van der Waals surface area (Å²) in [6, 6.07) is 51.5. The first-order valence-electron chi connectivity index (χ1n) is 18.8. The molecule has 0 saturated carbocycles. The van der Waals surface area contributed by atoms with E-state index < -0.39 is 14.4 Å². The molecular weight excluding hydrogens is 871 g/mol. The first kappa shape index (κ1) is 36.0. The molecule has 0 saturated heterocycles. The van der Waals surface area contributed by atoms with E-state index in [4.69, 9.17) is 2.74 Å². The standard InChI is InChI=1S/C27H22NS.C21H19N2Si.Ir/c1-18(2)15-19-13-14-28-25(16-19)23-10-6-9-22-24-17-21(20-7-4-3-5-8-20)11-12-26(24)29-27(22)23;1-24(2,3)19-11-12-21(23-15-19)17-9-10-18(14-22)20(13-17)16-7-5-4-6-8-16;/h3-9,11-14,16-18H,15H2,1-2H3;4-8,10-13,15H,1-3H3;/q2*-1;/i15D2;;. The second-order valence-electron chi connectivity index (χ2n) is 14.3. The van der Waals surface area contributed by atoms with Gasteiger partial charge in [0.15, 0.2) is 0 Å². The third kappa shape index (κ3) is 8.68. The van der Waals surface area contributed by atoms with Crippen molar-refractivity contribution in [1.29, 1.82) is 5.26 Å². The van der Waals surface area contributed by atoms with Crippen molar-refractivity contribution in [3.8, 4) is 50.8 Å². The molecule has 0 aliphatic rings. The van der Waals surface area contributed by atoms with Crippen LogP contribution in [0.4, 0.5) is 0 Å². The number of nitriles is 1. The van der Waals surface area contributed by atoms with Crippen LogP contribution in [0, 0.1) is 29.4 Å². The topological polar surface area (TPSA) is 49.6 Å². The molecule has 0 aliphatic heterocycles. The van der Waals surface area contributed by atoms with Gasteiger partial charge in [0.2, 0.25) is 0 Å². The van der Waals surface area contributed by atoms with E-state index in [1.807, 2.05) is 74.6 Å². The van der Waals surface area contributed by atoms with Crippen molar-refractivity contribution < 1.29 is 22.8 Å². The summed E-state index contributed by atoms with van der Waals surface area (Å²) in [5.41, 5.74) is 9.14. The molecule has 54 heavy (non-hydrogen) atoms. The number of fused-ring (bicyclic) bond motifs is 3. The van der Waals surface area contributed by atoms with E-state index in [0.717, 1.165) is 38.3 Å². The van der Waals surface area contributed by atoms with E-state index in [-0.39, 0.29) is 26.0 Å². The molecule has 3 heterocycles. The molecule has 3 nitrogen and oxygen atoms in total. The van der Waals surface area contributed by atoms with Gasteiger partial charge in [-0.05, 0) is 79.4 Å². The van der Waals surface area contributed by atoms with Gasteiger partial charge in [-0.25, -0.2) is 5.26 Å². The summed E-state index contributed by atoms with van der Waals surface area (Å²) >= 11 is 1.74. The van der Waals surface area contributed by atoms with Crippen molar-refractivity contribution in [2.24, 2.45) is 5.92 Å². The SMILES string of the molecule is C[Si](C)(C)c1ccc(-c2[c-]cc(C#N)c(-c3ccccc3)c2)nc1.[2H]C([2H])(c1ccnc(-c2[c-]ccc3c2sc2ccc(-c4ccccc4)cc23)c1)C(C)C.[Ir]. The van der Waals surface area contributed by atoms with Gasteiger partial charge in [-0.3, -0.25) is 0 Å². The zero-order valence-electron chi connectivity index (χ0n) is 32.9. The number of thiophene rings is 1. The normalized spacial score (nSPS) is 11.9. The minimum absolute atomic E-state index is 0. The van der Waals surface area contributed by atoms with Crippen LogP contribution in [0.2, 0.25) is 19.6 Å². The molecule has 0 bridgehead atoms. The minimum atomic E-state index is -1.41. The number of nitrogens with zero attached hydrogens (tertiary/aromatic N) is 3. The number of rotatable bonds is 7. The third-order valence-electron chi connectivity index (χ3n) is 9.07. The van der Waals surface area contributed by atoms with E-state index in [9.17, 15) is 5.26 Å². The van der Waals surface area contributed by atoms with Crippen LogP contribution in [0.5, 0.6) is 0 Å². The summed E-state index contributed by atoms with van der Waals surface area (Å²) in [5.74, 6) is -0.122. The molecule has 8 aromatic rings. The molecule has 0 atom stereocenters. The average Bonchev–Trinajstić information content (AvgIpc) is 3.59. The van der Waals surface area contributed by atoms with E-state index in [0.29, 0.717) is 11.1 Å². The van der Waals surface area contributed by atoms with Crippen LogP contribution in [-0.4, -0.2) is 18.0 Å². The summed E-state index contributed by atoms with van der Waals surface area (Å²) in [7, 11) is -1.35. The van der Waals surface area contributed by atoms with Gasteiger partial charge in [-0.2, -0.15) is 11.3 Å². The van der Waals surface area contributed by atoms with Gasteiger partial charge < -0.3 is 9.97 Å². The number of aromatic nitrogens is 2. The van der Waals surface area contributed by atoms with Gasteiger partial charge in [0.1, 0.15) is 0 Å². The van der Waals surface area contributed by atoms with Crippen LogP contribution in [0.25, 0.3) is 64.9 Å². The Kier molecular flexibility index (Phi) is 11.3. The van der Waals surface area contributed by atoms with Crippen LogP contribution < -0.4 is 5.19 Å². The largest absolute Gasteiger partial charge is 0.305 e. The van der Waals surface area contributed by atoms with Crippen LogP contribution in [0.15, 0.2) is 140 Å². The van der Waals surface area contributed by atoms with E-state index in [1.54, 1.807) is 29.7 Å². The maximum Gasteiger partial charge on any atom is 0.0795 e. The monoisotopic (exact) mass is 914 g/mol. The van der Waals surface area contributed by atoms with E-state index >= 15 is 0 Å². The minimum Gasteiger partial charge on any atom is -0.305 e. The van der Waals surface area contributed by atoms with Gasteiger partial charge in [0, 0.05) is 46.0 Å². The van der Waals surface area contributed by atoms with Crippen LogP contribution in [0.1, 0.15) is 27.7 Å². The van der Waals surface area contributed by atoms with Crippen molar-refractivity contribution in [3.05, 3.63) is 163 Å². The summed E-state index contributed by atoms with van der Waals surface area (Å²) in [6.07, 6.45) is 2.28. The fourth-order valence-corrected chi connectivity index (χ4v) is 8.54.